The molecule has 0 aliphatic rings. The number of sulfonamides is 1. The van der Waals surface area contributed by atoms with E-state index in [1.54, 1.807) is 67.6 Å². The van der Waals surface area contributed by atoms with Gasteiger partial charge in [-0.2, -0.15) is 0 Å². The Morgan fingerprint density at radius 1 is 0.825 bits per heavy atom. The number of halogens is 1. The smallest absolute Gasteiger partial charge is 0.339 e. The van der Waals surface area contributed by atoms with Crippen LogP contribution in [-0.4, -0.2) is 34.4 Å². The van der Waals surface area contributed by atoms with Crippen molar-refractivity contribution in [2.24, 2.45) is 0 Å². The summed E-state index contributed by atoms with van der Waals surface area (Å²) in [6.07, 6.45) is -1.24. The fourth-order valence-corrected chi connectivity index (χ4v) is 5.28. The van der Waals surface area contributed by atoms with Gasteiger partial charge in [0.1, 0.15) is 11.5 Å². The number of carbonyl (C=O) groups excluding carboxylic acids is 2. The van der Waals surface area contributed by atoms with E-state index in [0.29, 0.717) is 22.4 Å². The van der Waals surface area contributed by atoms with Gasteiger partial charge < -0.3 is 14.2 Å². The fraction of sp³-hybridized carbons (Fsp3) is 0.133. The maximum Gasteiger partial charge on any atom is 0.339 e. The van der Waals surface area contributed by atoms with E-state index in [4.69, 9.17) is 25.8 Å². The number of carbonyl (C=O) groups is 2. The van der Waals surface area contributed by atoms with Crippen LogP contribution in [0.4, 0.5) is 5.69 Å². The number of hydrogen-bond donors (Lipinski definition) is 1. The van der Waals surface area contributed by atoms with E-state index in [-0.39, 0.29) is 26.9 Å². The molecule has 0 saturated heterocycles. The highest BCUT2D eigenvalue weighted by molar-refractivity contribution is 7.92. The molecule has 0 amide bonds. The van der Waals surface area contributed by atoms with Crippen LogP contribution in [0.3, 0.4) is 0 Å². The molecule has 0 aliphatic carbocycles. The van der Waals surface area contributed by atoms with E-state index < -0.39 is 27.9 Å². The van der Waals surface area contributed by atoms with Crippen LogP contribution < -0.4 is 14.2 Å². The first-order chi connectivity index (χ1) is 19.1. The molecule has 206 valence electrons. The van der Waals surface area contributed by atoms with Gasteiger partial charge in [0.15, 0.2) is 6.10 Å². The summed E-state index contributed by atoms with van der Waals surface area (Å²) in [4.78, 5) is 26.5. The van der Waals surface area contributed by atoms with Crippen molar-refractivity contribution in [2.45, 2.75) is 17.9 Å². The zero-order valence-electron chi connectivity index (χ0n) is 21.9. The van der Waals surface area contributed by atoms with Crippen LogP contribution in [0.25, 0.3) is 0 Å². The number of ether oxygens (including phenoxy) is 3. The van der Waals surface area contributed by atoms with Crippen molar-refractivity contribution in [3.8, 4) is 11.5 Å². The highest BCUT2D eigenvalue weighted by Gasteiger charge is 2.28. The number of benzene rings is 4. The molecule has 1 atom stereocenters. The minimum atomic E-state index is -4.20. The SMILES string of the molecule is COc1cc(OC)c(NS(=O)(=O)c2ccc(C)c(C(=O)O[C@H](C(=O)c3ccccc3)c3ccccc3)c2)cc1Cl. The van der Waals surface area contributed by atoms with Crippen LogP contribution in [0.1, 0.15) is 37.9 Å². The van der Waals surface area contributed by atoms with E-state index in [1.807, 2.05) is 0 Å². The summed E-state index contributed by atoms with van der Waals surface area (Å²) in [6.45, 7) is 1.64. The third-order valence-electron chi connectivity index (χ3n) is 6.08. The topological polar surface area (TPSA) is 108 Å². The van der Waals surface area contributed by atoms with Gasteiger partial charge >= 0.3 is 5.97 Å². The number of esters is 1. The lowest BCUT2D eigenvalue weighted by molar-refractivity contribution is 0.0279. The van der Waals surface area contributed by atoms with Crippen molar-refractivity contribution in [3.05, 3.63) is 118 Å². The minimum absolute atomic E-state index is 0.00982. The third kappa shape index (κ3) is 6.27. The Labute approximate surface area is 237 Å². The first-order valence-electron chi connectivity index (χ1n) is 12.0. The molecule has 0 heterocycles. The van der Waals surface area contributed by atoms with Gasteiger partial charge in [-0.1, -0.05) is 78.3 Å². The van der Waals surface area contributed by atoms with Crippen molar-refractivity contribution in [2.75, 3.05) is 18.9 Å². The summed E-state index contributed by atoms with van der Waals surface area (Å²) >= 11 is 6.19. The van der Waals surface area contributed by atoms with Gasteiger partial charge in [-0.3, -0.25) is 9.52 Å². The van der Waals surface area contributed by atoms with Gasteiger partial charge in [-0.25, -0.2) is 13.2 Å². The first kappa shape index (κ1) is 28.7. The number of Topliss-reactive ketones (excluding diaryl/α,β-unsaturated/α-hetero) is 1. The van der Waals surface area contributed by atoms with E-state index >= 15 is 0 Å². The van der Waals surface area contributed by atoms with Gasteiger partial charge in [-0.15, -0.1) is 0 Å². The quantitative estimate of drug-likeness (QED) is 0.175. The summed E-state index contributed by atoms with van der Waals surface area (Å²) < 4.78 is 45.2. The number of methoxy groups -OCH3 is 2. The molecule has 0 radical (unpaired) electrons. The second-order valence-corrected chi connectivity index (χ2v) is 10.8. The van der Waals surface area contributed by atoms with Gasteiger partial charge in [0.25, 0.3) is 10.0 Å². The molecular weight excluding hydrogens is 554 g/mol. The molecule has 0 fully saturated rings. The Bertz CT molecular complexity index is 1640. The second kappa shape index (κ2) is 12.2. The summed E-state index contributed by atoms with van der Waals surface area (Å²) in [5.41, 5.74) is 1.39. The van der Waals surface area contributed by atoms with Crippen LogP contribution in [0.5, 0.6) is 11.5 Å². The number of nitrogens with one attached hydrogen (secondary N) is 1. The van der Waals surface area contributed by atoms with E-state index in [2.05, 4.69) is 4.72 Å². The van der Waals surface area contributed by atoms with Crippen LogP contribution in [-0.2, 0) is 14.8 Å². The lowest BCUT2D eigenvalue weighted by Crippen LogP contribution is -2.21. The molecule has 8 nitrogen and oxygen atoms in total. The maximum atomic E-state index is 13.4. The lowest BCUT2D eigenvalue weighted by Gasteiger charge is -2.19. The maximum absolute atomic E-state index is 13.4. The predicted molar refractivity (Wildman–Crippen MR) is 152 cm³/mol. The van der Waals surface area contributed by atoms with Crippen molar-refractivity contribution in [1.82, 2.24) is 0 Å². The average molecular weight is 580 g/mol. The number of rotatable bonds is 10. The predicted octanol–water partition coefficient (Wildman–Crippen LogP) is 6.25. The fourth-order valence-electron chi connectivity index (χ4n) is 3.96. The molecule has 0 bridgehead atoms. The molecule has 4 aromatic rings. The molecule has 0 aliphatic heterocycles. The van der Waals surface area contributed by atoms with Crippen molar-refractivity contribution < 1.29 is 32.2 Å². The molecule has 1 N–H and O–H groups in total. The minimum Gasteiger partial charge on any atom is -0.495 e. The number of anilines is 1. The van der Waals surface area contributed by atoms with E-state index in [0.717, 1.165) is 0 Å². The summed E-state index contributed by atoms with van der Waals surface area (Å²) in [7, 11) is -1.40. The van der Waals surface area contributed by atoms with Gasteiger partial charge in [0.05, 0.1) is 35.4 Å². The molecule has 40 heavy (non-hydrogen) atoms. The van der Waals surface area contributed by atoms with E-state index in [9.17, 15) is 18.0 Å². The zero-order valence-corrected chi connectivity index (χ0v) is 23.5. The lowest BCUT2D eigenvalue weighted by atomic mass is 9.99. The normalized spacial score (nSPS) is 11.8. The second-order valence-electron chi connectivity index (χ2n) is 8.70. The Hall–Kier alpha value is -4.34. The van der Waals surface area contributed by atoms with Crippen LogP contribution in [0.15, 0.2) is 95.9 Å². The molecule has 4 aromatic carbocycles. The van der Waals surface area contributed by atoms with Crippen LogP contribution in [0.2, 0.25) is 5.02 Å². The standard InChI is InChI=1S/C30H26ClNO7S/c1-19-14-15-22(40(35,36)32-25-17-24(31)26(37-2)18-27(25)38-3)16-23(19)30(34)39-29(21-12-8-5-9-13-21)28(33)20-10-6-4-7-11-20/h4-18,29,32H,1-3H3/t29-/m0/s1. The number of hydrogen-bond acceptors (Lipinski definition) is 7. The molecule has 0 saturated carbocycles. The Morgan fingerprint density at radius 2 is 1.45 bits per heavy atom. The summed E-state index contributed by atoms with van der Waals surface area (Å²) in [6, 6.07) is 24.0. The average Bonchev–Trinajstić information content (AvgIpc) is 2.96. The Balaban J connectivity index is 1.66. The molecule has 0 aromatic heterocycles. The van der Waals surface area contributed by atoms with Crippen LogP contribution >= 0.6 is 11.6 Å². The van der Waals surface area contributed by atoms with Gasteiger partial charge in [-0.05, 0) is 30.7 Å². The van der Waals surface area contributed by atoms with Crippen LogP contribution in [0, 0.1) is 6.92 Å². The summed E-state index contributed by atoms with van der Waals surface area (Å²) in [5.74, 6) is -0.772. The number of ketones is 1. The third-order valence-corrected chi connectivity index (χ3v) is 7.74. The van der Waals surface area contributed by atoms with E-state index in [1.165, 1.54) is 44.6 Å². The van der Waals surface area contributed by atoms with Crippen molar-refractivity contribution >= 4 is 39.1 Å². The highest BCUT2D eigenvalue weighted by Crippen LogP contribution is 2.37. The number of aryl methyl sites for hydroxylation is 1. The van der Waals surface area contributed by atoms with Crippen molar-refractivity contribution in [3.63, 3.8) is 0 Å². The zero-order chi connectivity index (χ0) is 28.9. The Morgan fingerprint density at radius 3 is 2.08 bits per heavy atom. The molecule has 4 rings (SSSR count). The highest BCUT2D eigenvalue weighted by atomic mass is 35.5. The Kier molecular flexibility index (Phi) is 8.77. The molecular formula is C30H26ClNO7S. The monoisotopic (exact) mass is 579 g/mol. The first-order valence-corrected chi connectivity index (χ1v) is 13.9. The summed E-state index contributed by atoms with van der Waals surface area (Å²) in [5, 5.41) is 0.171. The molecule has 10 heteroatoms. The molecule has 0 spiro atoms. The van der Waals surface area contributed by atoms with Gasteiger partial charge in [0, 0.05) is 17.2 Å². The van der Waals surface area contributed by atoms with Crippen molar-refractivity contribution in [1.29, 1.82) is 0 Å². The van der Waals surface area contributed by atoms with Gasteiger partial charge in [0.2, 0.25) is 5.78 Å². The largest absolute Gasteiger partial charge is 0.495 e. The molecule has 0 unspecified atom stereocenters.